The molecule has 4 heterocycles. The van der Waals surface area contributed by atoms with Crippen LogP contribution in [-0.4, -0.2) is 71.1 Å². The maximum Gasteiger partial charge on any atom is 0.304 e. The Hall–Kier alpha value is -3.90. The topological polar surface area (TPSA) is 158 Å². The SMILES string of the molecule is CC(=O)O[C@]1(C)C(=O)C2=CO[C@]3(CCCCO3)CC2=C(C2=C3C[C@@]4(CCCCO4)OC=C3C(=O)[C@@](C)(OC(C)=O)C2=O)C1=O. The lowest BCUT2D eigenvalue weighted by Crippen LogP contribution is -2.58. The van der Waals surface area contributed by atoms with E-state index in [4.69, 9.17) is 28.4 Å². The molecule has 44 heavy (non-hydrogen) atoms. The Morgan fingerprint density at radius 1 is 0.636 bits per heavy atom. The number of Topliss-reactive ketones (excluding diaryl/α,β-unsaturated/α-hetero) is 4. The van der Waals surface area contributed by atoms with Gasteiger partial charge in [0.25, 0.3) is 0 Å². The molecule has 0 bridgehead atoms. The Bertz CT molecular complexity index is 1410. The Balaban J connectivity index is 1.65. The highest BCUT2D eigenvalue weighted by Gasteiger charge is 2.61. The molecular weight excluding hydrogens is 576 g/mol. The number of ether oxygens (including phenoxy) is 6. The maximum atomic E-state index is 14.6. The van der Waals surface area contributed by atoms with E-state index in [2.05, 4.69) is 0 Å². The van der Waals surface area contributed by atoms with Crippen LogP contribution in [0.5, 0.6) is 0 Å². The van der Waals surface area contributed by atoms with Crippen LogP contribution < -0.4 is 0 Å². The summed E-state index contributed by atoms with van der Waals surface area (Å²) in [6, 6.07) is 0. The van der Waals surface area contributed by atoms with Crippen molar-refractivity contribution >= 4 is 35.1 Å². The second-order valence-corrected chi connectivity index (χ2v) is 12.4. The number of carbonyl (C=O) groups excluding carboxylic acids is 6. The van der Waals surface area contributed by atoms with Gasteiger partial charge >= 0.3 is 11.9 Å². The molecule has 0 unspecified atom stereocenters. The molecule has 4 atom stereocenters. The van der Waals surface area contributed by atoms with Gasteiger partial charge in [-0.05, 0) is 50.7 Å². The molecule has 0 aromatic heterocycles. The van der Waals surface area contributed by atoms with E-state index in [1.165, 1.54) is 26.4 Å². The Labute approximate surface area is 253 Å². The van der Waals surface area contributed by atoms with E-state index in [1.807, 2.05) is 0 Å². The average molecular weight is 611 g/mol. The van der Waals surface area contributed by atoms with Crippen molar-refractivity contribution in [2.75, 3.05) is 13.2 Å². The van der Waals surface area contributed by atoms with Crippen molar-refractivity contribution in [2.45, 2.75) is 102 Å². The summed E-state index contributed by atoms with van der Waals surface area (Å²) in [5, 5.41) is 0. The van der Waals surface area contributed by atoms with Gasteiger partial charge < -0.3 is 28.4 Å². The van der Waals surface area contributed by atoms with Crippen molar-refractivity contribution < 1.29 is 57.2 Å². The molecule has 234 valence electrons. The molecule has 6 rings (SSSR count). The van der Waals surface area contributed by atoms with E-state index in [0.29, 0.717) is 26.1 Å². The molecule has 2 saturated heterocycles. The van der Waals surface area contributed by atoms with Crippen molar-refractivity contribution in [1.29, 1.82) is 0 Å². The molecule has 0 aromatic carbocycles. The van der Waals surface area contributed by atoms with Gasteiger partial charge in [-0.2, -0.15) is 0 Å². The summed E-state index contributed by atoms with van der Waals surface area (Å²) in [4.78, 5) is 81.4. The molecule has 6 aliphatic rings. The van der Waals surface area contributed by atoms with Gasteiger partial charge in [0, 0.05) is 50.7 Å². The van der Waals surface area contributed by atoms with E-state index in [1.54, 1.807) is 0 Å². The molecule has 0 radical (unpaired) electrons. The zero-order valence-corrected chi connectivity index (χ0v) is 25.1. The fraction of sp³-hybridized carbons (Fsp3) is 0.562. The van der Waals surface area contributed by atoms with Gasteiger partial charge in [-0.1, -0.05) is 0 Å². The van der Waals surface area contributed by atoms with Crippen LogP contribution in [0.3, 0.4) is 0 Å². The third-order valence-electron chi connectivity index (χ3n) is 9.19. The van der Waals surface area contributed by atoms with Crippen LogP contribution in [0, 0.1) is 0 Å². The molecule has 0 aromatic rings. The van der Waals surface area contributed by atoms with Crippen LogP contribution in [0.2, 0.25) is 0 Å². The molecule has 0 N–H and O–H groups in total. The van der Waals surface area contributed by atoms with Gasteiger partial charge in [0.1, 0.15) is 0 Å². The van der Waals surface area contributed by atoms with Crippen molar-refractivity contribution in [1.82, 2.24) is 0 Å². The number of rotatable bonds is 3. The molecule has 12 nitrogen and oxygen atoms in total. The third-order valence-corrected chi connectivity index (χ3v) is 9.19. The fourth-order valence-electron chi connectivity index (χ4n) is 6.99. The Kier molecular flexibility index (Phi) is 7.08. The predicted octanol–water partition coefficient (Wildman–Crippen LogP) is 2.93. The Morgan fingerprint density at radius 2 is 1.02 bits per heavy atom. The average Bonchev–Trinajstić information content (AvgIpc) is 2.97. The number of hydrogen-bond donors (Lipinski definition) is 0. The first-order valence-electron chi connectivity index (χ1n) is 14.9. The quantitative estimate of drug-likeness (QED) is 0.340. The normalized spacial score (nSPS) is 35.4. The van der Waals surface area contributed by atoms with E-state index in [9.17, 15) is 28.8 Å². The van der Waals surface area contributed by atoms with Gasteiger partial charge in [0.05, 0.1) is 36.9 Å². The number of hydrogen-bond acceptors (Lipinski definition) is 12. The van der Waals surface area contributed by atoms with Crippen molar-refractivity contribution in [3.8, 4) is 0 Å². The molecule has 4 aliphatic heterocycles. The van der Waals surface area contributed by atoms with E-state index >= 15 is 0 Å². The summed E-state index contributed by atoms with van der Waals surface area (Å²) < 4.78 is 34.8. The first-order chi connectivity index (χ1) is 20.8. The lowest BCUT2D eigenvalue weighted by atomic mass is 9.65. The van der Waals surface area contributed by atoms with Gasteiger partial charge in [0.15, 0.2) is 0 Å². The maximum absolute atomic E-state index is 14.6. The van der Waals surface area contributed by atoms with Crippen LogP contribution in [0.1, 0.15) is 79.1 Å². The summed E-state index contributed by atoms with van der Waals surface area (Å²) in [6.07, 6.45) is 6.27. The van der Waals surface area contributed by atoms with Crippen LogP contribution in [0.25, 0.3) is 0 Å². The van der Waals surface area contributed by atoms with Crippen molar-refractivity contribution in [3.63, 3.8) is 0 Å². The van der Waals surface area contributed by atoms with Crippen LogP contribution in [-0.2, 0) is 57.2 Å². The minimum atomic E-state index is -2.35. The summed E-state index contributed by atoms with van der Waals surface area (Å²) in [7, 11) is 0. The number of esters is 2. The van der Waals surface area contributed by atoms with Crippen LogP contribution in [0.4, 0.5) is 0 Å². The first-order valence-corrected chi connectivity index (χ1v) is 14.9. The second-order valence-electron chi connectivity index (χ2n) is 12.4. The van der Waals surface area contributed by atoms with Crippen LogP contribution >= 0.6 is 0 Å². The van der Waals surface area contributed by atoms with Gasteiger partial charge in [0.2, 0.25) is 45.9 Å². The number of ketones is 4. The highest BCUT2D eigenvalue weighted by atomic mass is 16.7. The first kappa shape index (κ1) is 30.1. The summed E-state index contributed by atoms with van der Waals surface area (Å²) in [5.41, 5.74) is -4.93. The van der Waals surface area contributed by atoms with E-state index < -0.39 is 57.8 Å². The summed E-state index contributed by atoms with van der Waals surface area (Å²) >= 11 is 0. The fourth-order valence-corrected chi connectivity index (χ4v) is 6.99. The molecule has 2 spiro atoms. The predicted molar refractivity (Wildman–Crippen MR) is 147 cm³/mol. The lowest BCUT2D eigenvalue weighted by Gasteiger charge is -2.46. The minimum absolute atomic E-state index is 0.0589. The van der Waals surface area contributed by atoms with Crippen molar-refractivity contribution in [3.05, 3.63) is 46.0 Å². The smallest absolute Gasteiger partial charge is 0.304 e. The highest BCUT2D eigenvalue weighted by Crippen LogP contribution is 2.51. The third kappa shape index (κ3) is 4.49. The molecule has 12 heteroatoms. The van der Waals surface area contributed by atoms with Gasteiger partial charge in [-0.15, -0.1) is 0 Å². The number of fused-ring (bicyclic) bond motifs is 2. The van der Waals surface area contributed by atoms with Gasteiger partial charge in [-0.3, -0.25) is 28.8 Å². The number of carbonyl (C=O) groups is 6. The zero-order valence-electron chi connectivity index (χ0n) is 25.1. The minimum Gasteiger partial charge on any atom is -0.469 e. The molecule has 0 saturated carbocycles. The largest absolute Gasteiger partial charge is 0.469 e. The molecule has 2 fully saturated rings. The van der Waals surface area contributed by atoms with Crippen LogP contribution in [0.15, 0.2) is 46.0 Å². The monoisotopic (exact) mass is 610 g/mol. The standard InChI is InChI=1S/C32H34O12/c1-17(33)43-29(3)25(35)21-15-41-31(9-5-7-11-39-31)13-19(21)23(27(29)37)24-20-14-32(10-6-8-12-40-32)42-16-22(20)26(36)30(4,28(24)38)44-18(2)34/h15-16H,5-14H2,1-4H3/t29-,30-,31-,32-/m1/s1. The zero-order chi connectivity index (χ0) is 31.7. The van der Waals surface area contributed by atoms with E-state index in [0.717, 1.165) is 39.5 Å². The second kappa shape index (κ2) is 10.3. The summed E-state index contributed by atoms with van der Waals surface area (Å²) in [6.45, 7) is 5.23. The molecule has 2 aliphatic carbocycles. The highest BCUT2D eigenvalue weighted by molar-refractivity contribution is 6.36. The Morgan fingerprint density at radius 3 is 1.34 bits per heavy atom. The van der Waals surface area contributed by atoms with Gasteiger partial charge in [-0.25, -0.2) is 0 Å². The molecule has 0 amide bonds. The molecular formula is C32H34O12. The van der Waals surface area contributed by atoms with Crippen molar-refractivity contribution in [2.24, 2.45) is 0 Å². The summed E-state index contributed by atoms with van der Waals surface area (Å²) in [5.74, 6) is -7.70. The van der Waals surface area contributed by atoms with E-state index in [-0.39, 0.29) is 46.3 Å². The lowest BCUT2D eigenvalue weighted by molar-refractivity contribution is -0.231.